The normalized spacial score (nSPS) is 13.0. The van der Waals surface area contributed by atoms with Crippen LogP contribution in [-0.4, -0.2) is 30.9 Å². The fourth-order valence-corrected chi connectivity index (χ4v) is 3.56. The van der Waals surface area contributed by atoms with Crippen LogP contribution in [0.1, 0.15) is 17.5 Å². The lowest BCUT2D eigenvalue weighted by molar-refractivity contribution is -0.129. The summed E-state index contributed by atoms with van der Waals surface area (Å²) in [7, 11) is 1.85. The topological polar surface area (TPSA) is 49.6 Å². The summed E-state index contributed by atoms with van der Waals surface area (Å²) in [5.74, 6) is 0.112. The predicted molar refractivity (Wildman–Crippen MR) is 109 cm³/mol. The monoisotopic (exact) mass is 423 g/mol. The Labute approximate surface area is 163 Å². The van der Waals surface area contributed by atoms with E-state index in [0.717, 1.165) is 40.8 Å². The molecule has 25 heavy (non-hydrogen) atoms. The van der Waals surface area contributed by atoms with Crippen LogP contribution in [0.25, 0.3) is 0 Å². The van der Waals surface area contributed by atoms with Gasteiger partial charge in [-0.2, -0.15) is 0 Å². The van der Waals surface area contributed by atoms with Gasteiger partial charge in [-0.05, 0) is 42.2 Å². The SMILES string of the molecule is CN(Cc1ccccc1Br)C(=O)CN1CCCc2c(N)cccc21.Cl. The number of amides is 1. The molecule has 134 valence electrons. The number of hydrogen-bond donors (Lipinski definition) is 1. The molecule has 0 saturated carbocycles. The zero-order valence-corrected chi connectivity index (χ0v) is 16.6. The van der Waals surface area contributed by atoms with Crippen molar-refractivity contribution in [2.75, 3.05) is 30.8 Å². The van der Waals surface area contributed by atoms with Crippen molar-refractivity contribution in [3.63, 3.8) is 0 Å². The number of fused-ring (bicyclic) bond motifs is 1. The molecule has 6 heteroatoms. The third kappa shape index (κ3) is 4.47. The number of nitrogens with two attached hydrogens (primary N) is 1. The Balaban J connectivity index is 0.00000225. The minimum atomic E-state index is 0. The van der Waals surface area contributed by atoms with E-state index in [9.17, 15) is 4.79 Å². The van der Waals surface area contributed by atoms with E-state index >= 15 is 0 Å². The van der Waals surface area contributed by atoms with Crippen LogP contribution < -0.4 is 10.6 Å². The molecule has 2 N–H and O–H groups in total. The second kappa shape index (κ2) is 8.59. The van der Waals surface area contributed by atoms with Crippen LogP contribution in [0, 0.1) is 0 Å². The summed E-state index contributed by atoms with van der Waals surface area (Å²) in [4.78, 5) is 16.6. The van der Waals surface area contributed by atoms with E-state index in [2.05, 4.69) is 26.9 Å². The number of carbonyl (C=O) groups excluding carboxylic acids is 1. The lowest BCUT2D eigenvalue weighted by Crippen LogP contribution is -2.40. The van der Waals surface area contributed by atoms with Gasteiger partial charge in [-0.1, -0.05) is 40.2 Å². The Morgan fingerprint density at radius 1 is 1.24 bits per heavy atom. The molecule has 0 aromatic heterocycles. The van der Waals surface area contributed by atoms with Crippen LogP contribution in [0.4, 0.5) is 11.4 Å². The van der Waals surface area contributed by atoms with Crippen LogP contribution in [0.2, 0.25) is 0 Å². The van der Waals surface area contributed by atoms with Crippen molar-refractivity contribution in [1.29, 1.82) is 0 Å². The van der Waals surface area contributed by atoms with Crippen LogP contribution in [-0.2, 0) is 17.8 Å². The number of halogens is 2. The molecule has 1 aliphatic heterocycles. The standard InChI is InChI=1S/C19H22BrN3O.ClH/c1-22(12-14-6-2-3-8-16(14)20)19(24)13-23-11-5-7-15-17(21)9-4-10-18(15)23;/h2-4,6,8-10H,5,7,11-13,21H2,1H3;1H. The fourth-order valence-electron chi connectivity index (χ4n) is 3.15. The Hall–Kier alpha value is -1.72. The molecule has 0 aliphatic carbocycles. The first-order valence-electron chi connectivity index (χ1n) is 8.16. The van der Waals surface area contributed by atoms with Crippen molar-refractivity contribution in [3.05, 3.63) is 58.1 Å². The summed E-state index contributed by atoms with van der Waals surface area (Å²) in [6, 6.07) is 13.9. The average molecular weight is 425 g/mol. The van der Waals surface area contributed by atoms with E-state index in [1.54, 1.807) is 4.90 Å². The molecular weight excluding hydrogens is 402 g/mol. The molecule has 2 aromatic rings. The van der Waals surface area contributed by atoms with Crippen molar-refractivity contribution in [1.82, 2.24) is 4.90 Å². The van der Waals surface area contributed by atoms with E-state index in [1.165, 1.54) is 5.56 Å². The molecule has 4 nitrogen and oxygen atoms in total. The molecule has 1 aliphatic rings. The lowest BCUT2D eigenvalue weighted by Gasteiger charge is -2.32. The van der Waals surface area contributed by atoms with Gasteiger partial charge in [0.25, 0.3) is 0 Å². The molecule has 3 rings (SSSR count). The summed E-state index contributed by atoms with van der Waals surface area (Å²) < 4.78 is 1.03. The zero-order valence-electron chi connectivity index (χ0n) is 14.2. The Kier molecular flexibility index (Phi) is 6.73. The largest absolute Gasteiger partial charge is 0.398 e. The third-order valence-corrected chi connectivity index (χ3v) is 5.27. The minimum absolute atomic E-state index is 0. The van der Waals surface area contributed by atoms with Crippen LogP contribution >= 0.6 is 28.3 Å². The highest BCUT2D eigenvalue weighted by Crippen LogP contribution is 2.31. The Morgan fingerprint density at radius 2 is 2.00 bits per heavy atom. The first kappa shape index (κ1) is 19.6. The maximum absolute atomic E-state index is 12.7. The van der Waals surface area contributed by atoms with Gasteiger partial charge in [0.1, 0.15) is 0 Å². The Morgan fingerprint density at radius 3 is 2.76 bits per heavy atom. The maximum Gasteiger partial charge on any atom is 0.242 e. The molecule has 0 fully saturated rings. The van der Waals surface area contributed by atoms with E-state index in [1.807, 2.05) is 43.4 Å². The van der Waals surface area contributed by atoms with E-state index in [-0.39, 0.29) is 18.3 Å². The quantitative estimate of drug-likeness (QED) is 0.758. The van der Waals surface area contributed by atoms with Crippen LogP contribution in [0.5, 0.6) is 0 Å². The molecule has 2 aromatic carbocycles. The van der Waals surface area contributed by atoms with Gasteiger partial charge in [0, 0.05) is 36.0 Å². The molecule has 0 bridgehead atoms. The summed E-state index contributed by atoms with van der Waals surface area (Å²) >= 11 is 3.54. The van der Waals surface area contributed by atoms with E-state index in [0.29, 0.717) is 13.1 Å². The number of nitrogen functional groups attached to an aromatic ring is 1. The molecule has 0 atom stereocenters. The smallest absolute Gasteiger partial charge is 0.242 e. The number of hydrogen-bond acceptors (Lipinski definition) is 3. The Bertz CT molecular complexity index is 753. The van der Waals surface area contributed by atoms with Gasteiger partial charge >= 0.3 is 0 Å². The van der Waals surface area contributed by atoms with E-state index in [4.69, 9.17) is 5.73 Å². The number of anilines is 2. The highest BCUT2D eigenvalue weighted by molar-refractivity contribution is 9.10. The van der Waals surface area contributed by atoms with Gasteiger partial charge in [-0.25, -0.2) is 0 Å². The van der Waals surface area contributed by atoms with Crippen molar-refractivity contribution >= 4 is 45.6 Å². The number of nitrogens with zero attached hydrogens (tertiary/aromatic N) is 2. The predicted octanol–water partition coefficient (Wildman–Crippen LogP) is 3.86. The van der Waals surface area contributed by atoms with Gasteiger partial charge in [-0.15, -0.1) is 12.4 Å². The minimum Gasteiger partial charge on any atom is -0.398 e. The highest BCUT2D eigenvalue weighted by atomic mass is 79.9. The van der Waals surface area contributed by atoms with Crippen molar-refractivity contribution in [2.45, 2.75) is 19.4 Å². The van der Waals surface area contributed by atoms with E-state index < -0.39 is 0 Å². The first-order chi connectivity index (χ1) is 11.6. The zero-order chi connectivity index (χ0) is 17.1. The number of benzene rings is 2. The fraction of sp³-hybridized carbons (Fsp3) is 0.316. The number of carbonyl (C=O) groups is 1. The molecule has 1 heterocycles. The number of likely N-dealkylation sites (N-methyl/N-ethyl adjacent to an activating group) is 1. The highest BCUT2D eigenvalue weighted by Gasteiger charge is 2.22. The lowest BCUT2D eigenvalue weighted by atomic mass is 10.00. The van der Waals surface area contributed by atoms with Crippen molar-refractivity contribution in [3.8, 4) is 0 Å². The van der Waals surface area contributed by atoms with Gasteiger partial charge in [0.2, 0.25) is 5.91 Å². The van der Waals surface area contributed by atoms with Crippen LogP contribution in [0.15, 0.2) is 46.9 Å². The summed E-state index contributed by atoms with van der Waals surface area (Å²) in [5, 5.41) is 0. The number of rotatable bonds is 4. The summed E-state index contributed by atoms with van der Waals surface area (Å²) in [5.41, 5.74) is 10.3. The molecule has 0 saturated heterocycles. The maximum atomic E-state index is 12.7. The molecule has 1 amide bonds. The molecule has 0 radical (unpaired) electrons. The molecular formula is C19H23BrClN3O. The average Bonchev–Trinajstić information content (AvgIpc) is 2.58. The second-order valence-electron chi connectivity index (χ2n) is 6.21. The van der Waals surface area contributed by atoms with Crippen molar-refractivity contribution in [2.24, 2.45) is 0 Å². The van der Waals surface area contributed by atoms with Crippen molar-refractivity contribution < 1.29 is 4.79 Å². The van der Waals surface area contributed by atoms with Gasteiger partial charge < -0.3 is 15.5 Å². The summed E-state index contributed by atoms with van der Waals surface area (Å²) in [6.45, 7) is 1.88. The van der Waals surface area contributed by atoms with Crippen LogP contribution in [0.3, 0.4) is 0 Å². The summed E-state index contributed by atoms with van der Waals surface area (Å²) in [6.07, 6.45) is 2.02. The second-order valence-corrected chi connectivity index (χ2v) is 7.07. The first-order valence-corrected chi connectivity index (χ1v) is 8.95. The molecule has 0 unspecified atom stereocenters. The molecule has 0 spiro atoms. The van der Waals surface area contributed by atoms with Gasteiger partial charge in [0.15, 0.2) is 0 Å². The third-order valence-electron chi connectivity index (χ3n) is 4.50. The van der Waals surface area contributed by atoms with Gasteiger partial charge in [0.05, 0.1) is 6.54 Å². The van der Waals surface area contributed by atoms with Gasteiger partial charge in [-0.3, -0.25) is 4.79 Å².